The van der Waals surface area contributed by atoms with Crippen molar-refractivity contribution in [1.29, 1.82) is 10.5 Å². The number of rotatable bonds is 6. The molecule has 31 heavy (non-hydrogen) atoms. The Morgan fingerprint density at radius 1 is 0.710 bits per heavy atom. The maximum Gasteiger partial charge on any atom is 0.277 e. The molecule has 0 saturated heterocycles. The maximum atomic E-state index is 11.2. The van der Waals surface area contributed by atoms with Gasteiger partial charge in [0.1, 0.15) is 11.5 Å². The Balaban J connectivity index is 1.82. The SMILES string of the molecule is N#Cc1ccc(/C=C/c2ccc(/C=C/c3ccc(C#N)cc3[N+](=O)[O-])o2)c([N+](=O)[O-])c1. The van der Waals surface area contributed by atoms with Crippen molar-refractivity contribution >= 4 is 35.7 Å². The lowest BCUT2D eigenvalue weighted by Gasteiger charge is -1.98. The number of nitro groups is 2. The van der Waals surface area contributed by atoms with Crippen LogP contribution in [0.15, 0.2) is 52.9 Å². The number of nitriles is 2. The summed E-state index contributed by atoms with van der Waals surface area (Å²) in [6, 6.07) is 15.3. The van der Waals surface area contributed by atoms with Crippen LogP contribution in [0.5, 0.6) is 0 Å². The van der Waals surface area contributed by atoms with Gasteiger partial charge in [-0.3, -0.25) is 20.2 Å². The molecule has 9 nitrogen and oxygen atoms in total. The molecule has 9 heteroatoms. The summed E-state index contributed by atoms with van der Waals surface area (Å²) in [7, 11) is 0. The summed E-state index contributed by atoms with van der Waals surface area (Å²) >= 11 is 0. The smallest absolute Gasteiger partial charge is 0.277 e. The third-order valence-electron chi connectivity index (χ3n) is 4.21. The first-order chi connectivity index (χ1) is 14.9. The Morgan fingerprint density at radius 2 is 1.13 bits per heavy atom. The van der Waals surface area contributed by atoms with Gasteiger partial charge in [0.05, 0.1) is 44.2 Å². The van der Waals surface area contributed by atoms with E-state index in [1.165, 1.54) is 60.7 Å². The largest absolute Gasteiger partial charge is 0.457 e. The van der Waals surface area contributed by atoms with E-state index in [1.807, 2.05) is 12.1 Å². The summed E-state index contributed by atoms with van der Waals surface area (Å²) in [5.74, 6) is 0.820. The molecule has 150 valence electrons. The van der Waals surface area contributed by atoms with Crippen LogP contribution >= 0.6 is 0 Å². The molecule has 0 N–H and O–H groups in total. The summed E-state index contributed by atoms with van der Waals surface area (Å²) < 4.78 is 5.60. The molecule has 3 aromatic rings. The number of nitrogens with zero attached hydrogens (tertiary/aromatic N) is 4. The summed E-state index contributed by atoms with van der Waals surface area (Å²) in [5, 5.41) is 40.2. The van der Waals surface area contributed by atoms with Crippen LogP contribution in [0.3, 0.4) is 0 Å². The van der Waals surface area contributed by atoms with Crippen LogP contribution in [0.25, 0.3) is 24.3 Å². The van der Waals surface area contributed by atoms with Gasteiger partial charge in [-0.25, -0.2) is 0 Å². The molecule has 2 aromatic carbocycles. The topological polar surface area (TPSA) is 147 Å². The third kappa shape index (κ3) is 4.88. The van der Waals surface area contributed by atoms with Crippen molar-refractivity contribution in [3.05, 3.63) is 103 Å². The Hall–Kier alpha value is -5.02. The van der Waals surface area contributed by atoms with E-state index in [0.29, 0.717) is 22.6 Å². The van der Waals surface area contributed by atoms with Gasteiger partial charge in [0.25, 0.3) is 11.4 Å². The lowest BCUT2D eigenvalue weighted by molar-refractivity contribution is -0.385. The highest BCUT2D eigenvalue weighted by atomic mass is 16.6. The molecular weight excluding hydrogens is 400 g/mol. The molecular formula is C22H12N4O5. The van der Waals surface area contributed by atoms with E-state index in [4.69, 9.17) is 14.9 Å². The molecule has 3 rings (SSSR count). The second kappa shape index (κ2) is 8.99. The molecule has 0 unspecified atom stereocenters. The molecule has 0 aliphatic heterocycles. The fourth-order valence-corrected chi connectivity index (χ4v) is 2.72. The van der Waals surface area contributed by atoms with Crippen LogP contribution in [0.4, 0.5) is 11.4 Å². The average molecular weight is 412 g/mol. The number of nitro benzene ring substituents is 2. The molecule has 0 radical (unpaired) electrons. The normalized spacial score (nSPS) is 10.8. The van der Waals surface area contributed by atoms with Gasteiger partial charge in [-0.05, 0) is 60.7 Å². The standard InChI is InChI=1S/C22H12N4O5/c23-13-15-1-3-17(21(11-15)25(27)28)5-7-19-9-10-20(31-19)8-6-18-4-2-16(14-24)12-22(18)26(29)30/h1-12H/b7-5+,8-6+. The number of hydrogen-bond donors (Lipinski definition) is 0. The summed E-state index contributed by atoms with van der Waals surface area (Å²) in [6.07, 6.45) is 6.07. The Kier molecular flexibility index (Phi) is 6.00. The molecule has 0 saturated carbocycles. The van der Waals surface area contributed by atoms with Crippen molar-refractivity contribution in [2.45, 2.75) is 0 Å². The second-order valence-electron chi connectivity index (χ2n) is 6.19. The minimum atomic E-state index is -0.568. The predicted octanol–water partition coefficient (Wildman–Crippen LogP) is 5.18. The first kappa shape index (κ1) is 20.7. The third-order valence-corrected chi connectivity index (χ3v) is 4.21. The quantitative estimate of drug-likeness (QED) is 0.400. The zero-order valence-corrected chi connectivity index (χ0v) is 15.8. The van der Waals surface area contributed by atoms with Crippen molar-refractivity contribution in [3.8, 4) is 12.1 Å². The second-order valence-corrected chi connectivity index (χ2v) is 6.19. The van der Waals surface area contributed by atoms with Crippen LogP contribution < -0.4 is 0 Å². The monoisotopic (exact) mass is 412 g/mol. The Bertz CT molecular complexity index is 1220. The molecule has 0 fully saturated rings. The van der Waals surface area contributed by atoms with Crippen LogP contribution in [0.2, 0.25) is 0 Å². The molecule has 0 atom stereocenters. The predicted molar refractivity (Wildman–Crippen MR) is 112 cm³/mol. The van der Waals surface area contributed by atoms with E-state index in [9.17, 15) is 20.2 Å². The first-order valence-electron chi connectivity index (χ1n) is 8.74. The maximum absolute atomic E-state index is 11.2. The van der Waals surface area contributed by atoms with Gasteiger partial charge in [0, 0.05) is 12.1 Å². The van der Waals surface area contributed by atoms with Gasteiger partial charge < -0.3 is 4.42 Å². The fraction of sp³-hybridized carbons (Fsp3) is 0. The minimum Gasteiger partial charge on any atom is -0.457 e. The molecule has 0 spiro atoms. The average Bonchev–Trinajstić information content (AvgIpc) is 3.23. The van der Waals surface area contributed by atoms with Crippen molar-refractivity contribution < 1.29 is 14.3 Å². The number of furan rings is 1. The van der Waals surface area contributed by atoms with Gasteiger partial charge in [0.15, 0.2) is 0 Å². The van der Waals surface area contributed by atoms with E-state index < -0.39 is 9.85 Å². The molecule has 0 bridgehead atoms. The highest BCUT2D eigenvalue weighted by molar-refractivity contribution is 5.75. The van der Waals surface area contributed by atoms with E-state index in [1.54, 1.807) is 12.1 Å². The van der Waals surface area contributed by atoms with Crippen molar-refractivity contribution in [2.24, 2.45) is 0 Å². The van der Waals surface area contributed by atoms with Crippen molar-refractivity contribution in [3.63, 3.8) is 0 Å². The Labute approximate surface area is 175 Å². The van der Waals surface area contributed by atoms with Gasteiger partial charge >= 0.3 is 0 Å². The minimum absolute atomic E-state index is 0.186. The van der Waals surface area contributed by atoms with Gasteiger partial charge in [-0.15, -0.1) is 0 Å². The molecule has 0 amide bonds. The first-order valence-corrected chi connectivity index (χ1v) is 8.74. The zero-order chi connectivity index (χ0) is 22.4. The summed E-state index contributed by atoms with van der Waals surface area (Å²) in [5.41, 5.74) is 0.596. The highest BCUT2D eigenvalue weighted by Crippen LogP contribution is 2.25. The van der Waals surface area contributed by atoms with E-state index in [-0.39, 0.29) is 22.5 Å². The van der Waals surface area contributed by atoms with Gasteiger partial charge in [-0.1, -0.05) is 0 Å². The van der Waals surface area contributed by atoms with Crippen LogP contribution in [0, 0.1) is 42.9 Å². The molecule has 1 aromatic heterocycles. The molecule has 0 aliphatic carbocycles. The van der Waals surface area contributed by atoms with Crippen LogP contribution in [0.1, 0.15) is 33.8 Å². The van der Waals surface area contributed by atoms with E-state index in [2.05, 4.69) is 0 Å². The van der Waals surface area contributed by atoms with Crippen LogP contribution in [-0.2, 0) is 0 Å². The summed E-state index contributed by atoms with van der Waals surface area (Å²) in [4.78, 5) is 21.3. The van der Waals surface area contributed by atoms with Gasteiger partial charge in [0.2, 0.25) is 0 Å². The number of hydrogen-bond acceptors (Lipinski definition) is 7. The van der Waals surface area contributed by atoms with Crippen molar-refractivity contribution in [2.75, 3.05) is 0 Å². The van der Waals surface area contributed by atoms with E-state index >= 15 is 0 Å². The van der Waals surface area contributed by atoms with Crippen LogP contribution in [-0.4, -0.2) is 9.85 Å². The number of benzene rings is 2. The van der Waals surface area contributed by atoms with E-state index in [0.717, 1.165) is 0 Å². The fourth-order valence-electron chi connectivity index (χ4n) is 2.72. The highest BCUT2D eigenvalue weighted by Gasteiger charge is 2.14. The summed E-state index contributed by atoms with van der Waals surface area (Å²) in [6.45, 7) is 0. The van der Waals surface area contributed by atoms with Crippen molar-refractivity contribution in [1.82, 2.24) is 0 Å². The lowest BCUT2D eigenvalue weighted by Crippen LogP contribution is -1.92. The molecule has 0 aliphatic rings. The van der Waals surface area contributed by atoms with Gasteiger partial charge in [-0.2, -0.15) is 10.5 Å². The lowest BCUT2D eigenvalue weighted by atomic mass is 10.1. The molecule has 1 heterocycles. The zero-order valence-electron chi connectivity index (χ0n) is 15.8. The Morgan fingerprint density at radius 3 is 1.48 bits per heavy atom.